The minimum absolute atomic E-state index is 0.0555. The number of piperidine rings is 1. The molecule has 0 spiro atoms. The first-order chi connectivity index (χ1) is 22.5. The van der Waals surface area contributed by atoms with E-state index >= 15 is 0 Å². The van der Waals surface area contributed by atoms with Gasteiger partial charge in [-0.2, -0.15) is 0 Å². The molecule has 0 radical (unpaired) electrons. The van der Waals surface area contributed by atoms with Gasteiger partial charge in [-0.15, -0.1) is 0 Å². The first kappa shape index (κ1) is 32.5. The maximum absolute atomic E-state index is 12.2. The number of nitrogens with one attached hydrogen (secondary N) is 1. The lowest BCUT2D eigenvalue weighted by atomic mass is 9.76. The van der Waals surface area contributed by atoms with Crippen LogP contribution in [0, 0.1) is 5.92 Å². The van der Waals surface area contributed by atoms with E-state index in [2.05, 4.69) is 116 Å². The zero-order valence-electron chi connectivity index (χ0n) is 27.9. The van der Waals surface area contributed by atoms with Gasteiger partial charge in [0.25, 0.3) is 0 Å². The third-order valence-corrected chi connectivity index (χ3v) is 14.5. The molecule has 1 aliphatic heterocycles. The highest BCUT2D eigenvalue weighted by molar-refractivity contribution is 6.74. The molecule has 1 fully saturated rings. The molecule has 1 aliphatic rings. The number of amides is 1. The lowest BCUT2D eigenvalue weighted by Crippen LogP contribution is -2.49. The summed E-state index contributed by atoms with van der Waals surface area (Å²) in [6.07, 6.45) is 3.61. The van der Waals surface area contributed by atoms with Crippen LogP contribution in [0.1, 0.15) is 43.9 Å². The zero-order chi connectivity index (χ0) is 33.2. The summed E-state index contributed by atoms with van der Waals surface area (Å²) in [5.74, 6) is 0.0555. The van der Waals surface area contributed by atoms with E-state index in [1.54, 1.807) is 0 Å². The van der Waals surface area contributed by atoms with Crippen molar-refractivity contribution in [3.8, 4) is 0 Å². The fourth-order valence-corrected chi connectivity index (χ4v) is 7.64. The van der Waals surface area contributed by atoms with Crippen LogP contribution < -0.4 is 5.49 Å². The molecule has 3 aromatic carbocycles. The van der Waals surface area contributed by atoms with Gasteiger partial charge in [0.15, 0.2) is 13.8 Å². The largest absolute Gasteiger partial charge is 0.465 e. The molecular weight excluding hydrogens is 603 g/mol. The summed E-state index contributed by atoms with van der Waals surface area (Å²) in [5.41, 5.74) is 4.02. The molecule has 0 saturated carbocycles. The fourth-order valence-electron chi connectivity index (χ4n) is 6.55. The van der Waals surface area contributed by atoms with E-state index in [-0.39, 0.29) is 17.0 Å². The molecule has 0 aliphatic carbocycles. The van der Waals surface area contributed by atoms with Gasteiger partial charge in [-0.05, 0) is 47.3 Å². The summed E-state index contributed by atoms with van der Waals surface area (Å²) in [6, 6.07) is 33.3. The third kappa shape index (κ3) is 6.29. The minimum Gasteiger partial charge on any atom is -0.465 e. The molecule has 6 rings (SSSR count). The van der Waals surface area contributed by atoms with Crippen LogP contribution in [0.2, 0.25) is 18.1 Å². The maximum Gasteiger partial charge on any atom is 0.407 e. The average molecular weight is 648 g/mol. The van der Waals surface area contributed by atoms with Gasteiger partial charge in [0.2, 0.25) is 0 Å². The molecule has 8 nitrogen and oxygen atoms in total. The highest BCUT2D eigenvalue weighted by atomic mass is 28.4. The second-order valence-electron chi connectivity index (χ2n) is 14.1. The Hall–Kier alpha value is -4.47. The van der Waals surface area contributed by atoms with Crippen LogP contribution in [-0.4, -0.2) is 64.7 Å². The van der Waals surface area contributed by atoms with Crippen molar-refractivity contribution in [1.29, 1.82) is 0 Å². The number of rotatable bonds is 8. The summed E-state index contributed by atoms with van der Waals surface area (Å²) in [4.78, 5) is 27.4. The average Bonchev–Trinajstić information content (AvgIpc) is 3.57. The van der Waals surface area contributed by atoms with E-state index in [0.717, 1.165) is 34.1 Å². The Morgan fingerprint density at radius 2 is 1.47 bits per heavy atom. The van der Waals surface area contributed by atoms with Crippen LogP contribution in [0.3, 0.4) is 0 Å². The number of hydrogen-bond donors (Lipinski definition) is 2. The second kappa shape index (κ2) is 13.0. The van der Waals surface area contributed by atoms with Crippen molar-refractivity contribution in [3.63, 3.8) is 0 Å². The SMILES string of the molecule is CC(C)(C)[Si](C)(C)OC[C@H]1C[C@@H](N=c2ncn(C(c3ccccc3)(c3ccccc3)c3ccccc3)c3[nH]ccc23)CN(C(=O)O)C1. The number of hydrogen-bond acceptors (Lipinski definition) is 4. The molecule has 0 unspecified atom stereocenters. The molecule has 47 heavy (non-hydrogen) atoms. The quantitative estimate of drug-likeness (QED) is 0.135. The molecule has 1 saturated heterocycles. The number of fused-ring (bicyclic) bond motifs is 1. The van der Waals surface area contributed by atoms with Crippen LogP contribution in [0.15, 0.2) is 115 Å². The number of benzene rings is 3. The van der Waals surface area contributed by atoms with Crippen molar-refractivity contribution in [3.05, 3.63) is 132 Å². The number of carboxylic acid groups (broad SMARTS) is 1. The Kier molecular flexibility index (Phi) is 8.96. The van der Waals surface area contributed by atoms with E-state index in [1.807, 2.05) is 36.8 Å². The first-order valence-electron chi connectivity index (χ1n) is 16.4. The predicted octanol–water partition coefficient (Wildman–Crippen LogP) is 7.50. The van der Waals surface area contributed by atoms with Gasteiger partial charge in [-0.25, -0.2) is 9.78 Å². The maximum atomic E-state index is 12.2. The first-order valence-corrected chi connectivity index (χ1v) is 19.3. The van der Waals surface area contributed by atoms with E-state index in [1.165, 1.54) is 4.90 Å². The summed E-state index contributed by atoms with van der Waals surface area (Å²) in [6.45, 7) is 12.4. The standard InChI is InChI=1S/C38H45N5O3Si/c1-37(2,3)47(4,5)46-26-28-23-32(25-42(24-28)36(44)45)41-34-33-21-22-39-35(33)43(27-40-34)38(29-15-9-6-10-16-29,30-17-11-7-12-18-30)31-19-13-8-14-20-31/h6-22,27-28,32,39H,23-26H2,1-5H3,(H,44,45)/t28-,32+/m0/s1. The van der Waals surface area contributed by atoms with Crippen LogP contribution in [0.25, 0.3) is 11.0 Å². The van der Waals surface area contributed by atoms with Crippen molar-refractivity contribution in [2.24, 2.45) is 10.9 Å². The molecular formula is C38H45N5O3Si. The van der Waals surface area contributed by atoms with Crippen molar-refractivity contribution in [2.45, 2.75) is 56.9 Å². The normalized spacial score (nSPS) is 18.1. The summed E-state index contributed by atoms with van der Waals surface area (Å²) < 4.78 is 8.76. The number of aromatic amines is 1. The van der Waals surface area contributed by atoms with Gasteiger partial charge < -0.3 is 19.4 Å². The van der Waals surface area contributed by atoms with Crippen LogP contribution in [0.5, 0.6) is 0 Å². The summed E-state index contributed by atoms with van der Waals surface area (Å²) in [7, 11) is -1.99. The summed E-state index contributed by atoms with van der Waals surface area (Å²) in [5, 5.41) is 11.0. The second-order valence-corrected chi connectivity index (χ2v) is 18.9. The minimum atomic E-state index is -1.99. The highest BCUT2D eigenvalue weighted by Crippen LogP contribution is 2.42. The van der Waals surface area contributed by atoms with Crippen molar-refractivity contribution in [1.82, 2.24) is 19.4 Å². The van der Waals surface area contributed by atoms with E-state index in [4.69, 9.17) is 14.4 Å². The molecule has 1 amide bonds. The topological polar surface area (TPSA) is 95.7 Å². The van der Waals surface area contributed by atoms with Gasteiger partial charge in [0.05, 0.1) is 17.8 Å². The Morgan fingerprint density at radius 3 is 1.98 bits per heavy atom. The van der Waals surface area contributed by atoms with Crippen LogP contribution in [-0.2, 0) is 9.96 Å². The predicted molar refractivity (Wildman–Crippen MR) is 189 cm³/mol. The lowest BCUT2D eigenvalue weighted by Gasteiger charge is -2.40. The molecule has 0 bridgehead atoms. The van der Waals surface area contributed by atoms with Crippen molar-refractivity contribution < 1.29 is 14.3 Å². The highest BCUT2D eigenvalue weighted by Gasteiger charge is 2.40. The van der Waals surface area contributed by atoms with Gasteiger partial charge >= 0.3 is 6.09 Å². The Labute approximate surface area is 277 Å². The molecule has 244 valence electrons. The smallest absolute Gasteiger partial charge is 0.407 e. The van der Waals surface area contributed by atoms with Gasteiger partial charge in [-0.1, -0.05) is 112 Å². The lowest BCUT2D eigenvalue weighted by molar-refractivity contribution is 0.0938. The molecule has 2 atom stereocenters. The zero-order valence-corrected chi connectivity index (χ0v) is 28.9. The molecule has 5 aromatic rings. The number of likely N-dealkylation sites (tertiary alicyclic amines) is 1. The van der Waals surface area contributed by atoms with E-state index < -0.39 is 19.9 Å². The fraction of sp³-hybridized carbons (Fsp3) is 0.342. The molecule has 2 N–H and O–H groups in total. The number of carbonyl (C=O) groups is 1. The Bertz CT molecular complexity index is 1780. The van der Waals surface area contributed by atoms with Gasteiger partial charge in [0.1, 0.15) is 11.2 Å². The van der Waals surface area contributed by atoms with Crippen molar-refractivity contribution >= 4 is 25.4 Å². The van der Waals surface area contributed by atoms with Crippen molar-refractivity contribution in [2.75, 3.05) is 19.7 Å². The number of nitrogens with zero attached hydrogens (tertiary/aromatic N) is 4. The number of aromatic nitrogens is 3. The van der Waals surface area contributed by atoms with E-state index in [0.29, 0.717) is 25.2 Å². The van der Waals surface area contributed by atoms with Crippen LogP contribution in [0.4, 0.5) is 4.79 Å². The third-order valence-electron chi connectivity index (χ3n) is 10.0. The number of H-pyrrole nitrogens is 1. The molecule has 9 heteroatoms. The van der Waals surface area contributed by atoms with Gasteiger partial charge in [0, 0.05) is 31.8 Å². The Morgan fingerprint density at radius 1 is 0.915 bits per heavy atom. The molecule has 2 aromatic heterocycles. The molecule has 3 heterocycles. The summed E-state index contributed by atoms with van der Waals surface area (Å²) >= 11 is 0. The van der Waals surface area contributed by atoms with Crippen LogP contribution >= 0.6 is 0 Å². The Balaban J connectivity index is 1.46. The van der Waals surface area contributed by atoms with E-state index in [9.17, 15) is 9.90 Å². The van der Waals surface area contributed by atoms with Gasteiger partial charge in [-0.3, -0.25) is 9.56 Å². The monoisotopic (exact) mass is 647 g/mol.